The van der Waals surface area contributed by atoms with Crippen LogP contribution < -0.4 is 20.9 Å². The molecule has 3 N–H and O–H groups in total. The molecular formula is C23H32N3O10P. The summed E-state index contributed by atoms with van der Waals surface area (Å²) in [4.78, 5) is 38.2. The Morgan fingerprint density at radius 3 is 2.57 bits per heavy atom. The Kier molecular flexibility index (Phi) is 10.2. The molecule has 5 unspecified atom stereocenters. The van der Waals surface area contributed by atoms with Gasteiger partial charge in [0.05, 0.1) is 25.4 Å². The van der Waals surface area contributed by atoms with Crippen molar-refractivity contribution in [2.45, 2.75) is 57.8 Å². The lowest BCUT2D eigenvalue weighted by atomic mass is 10.1. The predicted molar refractivity (Wildman–Crippen MR) is 131 cm³/mol. The Balaban J connectivity index is 1.71. The van der Waals surface area contributed by atoms with Gasteiger partial charge in [0.1, 0.15) is 17.9 Å². The summed E-state index contributed by atoms with van der Waals surface area (Å²) in [6.45, 7) is 4.59. The maximum atomic E-state index is 13.5. The highest BCUT2D eigenvalue weighted by Gasteiger charge is 2.37. The van der Waals surface area contributed by atoms with Crippen LogP contribution in [0, 0.1) is 0 Å². The minimum atomic E-state index is -4.11. The average Bonchev–Trinajstić information content (AvgIpc) is 3.25. The van der Waals surface area contributed by atoms with Crippen LogP contribution in [0.1, 0.15) is 33.4 Å². The van der Waals surface area contributed by atoms with E-state index in [1.807, 2.05) is 0 Å². The van der Waals surface area contributed by atoms with Crippen molar-refractivity contribution in [1.29, 1.82) is 0 Å². The molecule has 37 heavy (non-hydrogen) atoms. The van der Waals surface area contributed by atoms with Crippen molar-refractivity contribution in [3.8, 4) is 5.75 Å². The molecule has 5 atom stereocenters. The van der Waals surface area contributed by atoms with Gasteiger partial charge in [-0.3, -0.25) is 23.7 Å². The van der Waals surface area contributed by atoms with Crippen LogP contribution in [0.3, 0.4) is 0 Å². The molecule has 204 valence electrons. The van der Waals surface area contributed by atoms with Gasteiger partial charge in [-0.2, -0.15) is 5.09 Å². The van der Waals surface area contributed by atoms with Crippen LogP contribution in [0.2, 0.25) is 0 Å². The van der Waals surface area contributed by atoms with Gasteiger partial charge in [0.2, 0.25) is 0 Å². The minimum Gasteiger partial charge on any atom is -0.462 e. The first-order chi connectivity index (χ1) is 17.6. The first-order valence-electron chi connectivity index (χ1n) is 11.8. The third-order valence-electron chi connectivity index (χ3n) is 5.17. The summed E-state index contributed by atoms with van der Waals surface area (Å²) in [5.74, 6) is -0.402. The van der Waals surface area contributed by atoms with E-state index >= 15 is 0 Å². The van der Waals surface area contributed by atoms with Crippen LogP contribution in [0.25, 0.3) is 0 Å². The molecule has 1 aliphatic heterocycles. The first kappa shape index (κ1) is 28.8. The van der Waals surface area contributed by atoms with Crippen molar-refractivity contribution in [1.82, 2.24) is 14.6 Å². The molecule has 1 fully saturated rings. The highest BCUT2D eigenvalue weighted by molar-refractivity contribution is 7.52. The lowest BCUT2D eigenvalue weighted by molar-refractivity contribution is -0.149. The van der Waals surface area contributed by atoms with Crippen LogP contribution in [0.5, 0.6) is 5.75 Å². The van der Waals surface area contributed by atoms with Crippen molar-refractivity contribution in [3.05, 3.63) is 63.4 Å². The maximum Gasteiger partial charge on any atom is 0.459 e. The van der Waals surface area contributed by atoms with E-state index in [4.69, 9.17) is 23.3 Å². The zero-order valence-electron chi connectivity index (χ0n) is 20.8. The van der Waals surface area contributed by atoms with Crippen molar-refractivity contribution in [2.75, 3.05) is 19.8 Å². The van der Waals surface area contributed by atoms with Gasteiger partial charge in [0.15, 0.2) is 6.23 Å². The fourth-order valence-electron chi connectivity index (χ4n) is 3.49. The molecule has 0 spiro atoms. The summed E-state index contributed by atoms with van der Waals surface area (Å²) >= 11 is 0. The third-order valence-corrected chi connectivity index (χ3v) is 6.85. The molecule has 0 radical (unpaired) electrons. The maximum absolute atomic E-state index is 13.5. The van der Waals surface area contributed by atoms with Crippen molar-refractivity contribution in [3.63, 3.8) is 0 Å². The Morgan fingerprint density at radius 2 is 1.95 bits per heavy atom. The van der Waals surface area contributed by atoms with E-state index in [1.165, 1.54) is 13.1 Å². The van der Waals surface area contributed by atoms with Gasteiger partial charge in [-0.1, -0.05) is 18.2 Å². The Hall–Kier alpha value is -2.80. The second kappa shape index (κ2) is 13.1. The molecule has 1 aliphatic rings. The number of aliphatic hydroxyl groups excluding tert-OH is 1. The SMILES string of the molecule is CC(C)OC(=O)C(C)NP(=O)(OCCOC(C1OCCC1O)n1ccc(=O)[nH]c1=O)Oc1ccccc1. The van der Waals surface area contributed by atoms with Crippen LogP contribution in [0.4, 0.5) is 0 Å². The number of carbonyl (C=O) groups excluding carboxylic acids is 1. The fourth-order valence-corrected chi connectivity index (χ4v) is 4.97. The van der Waals surface area contributed by atoms with Gasteiger partial charge in [0, 0.05) is 18.9 Å². The molecule has 1 saturated heterocycles. The van der Waals surface area contributed by atoms with Gasteiger partial charge in [-0.25, -0.2) is 9.36 Å². The van der Waals surface area contributed by atoms with Crippen molar-refractivity contribution >= 4 is 13.7 Å². The largest absolute Gasteiger partial charge is 0.462 e. The zero-order valence-corrected chi connectivity index (χ0v) is 21.7. The van der Waals surface area contributed by atoms with Crippen molar-refractivity contribution in [2.24, 2.45) is 0 Å². The number of carbonyl (C=O) groups is 1. The number of H-pyrrole nitrogens is 1. The number of hydrogen-bond donors (Lipinski definition) is 3. The van der Waals surface area contributed by atoms with Crippen LogP contribution in [0.15, 0.2) is 52.2 Å². The Labute approximate surface area is 213 Å². The molecular weight excluding hydrogens is 509 g/mol. The molecule has 14 heteroatoms. The summed E-state index contributed by atoms with van der Waals surface area (Å²) in [5, 5.41) is 12.9. The van der Waals surface area contributed by atoms with Crippen molar-refractivity contribution < 1.29 is 37.7 Å². The van der Waals surface area contributed by atoms with Gasteiger partial charge in [0.25, 0.3) is 5.56 Å². The number of nitrogens with zero attached hydrogens (tertiary/aromatic N) is 1. The van der Waals surface area contributed by atoms with E-state index in [1.54, 1.807) is 44.2 Å². The Bertz CT molecular complexity index is 1190. The van der Waals surface area contributed by atoms with Crippen LogP contribution in [-0.4, -0.2) is 64.8 Å². The number of aromatic nitrogens is 2. The van der Waals surface area contributed by atoms with E-state index in [9.17, 15) is 24.1 Å². The normalized spacial score (nSPS) is 20.8. The topological polar surface area (TPSA) is 167 Å². The molecule has 0 amide bonds. The molecule has 0 bridgehead atoms. The van der Waals surface area contributed by atoms with E-state index in [0.29, 0.717) is 6.42 Å². The lowest BCUT2D eigenvalue weighted by Gasteiger charge is -2.27. The van der Waals surface area contributed by atoms with E-state index in [-0.39, 0.29) is 31.7 Å². The number of benzene rings is 1. The number of ether oxygens (including phenoxy) is 3. The third kappa shape index (κ3) is 8.35. The number of aromatic amines is 1. The summed E-state index contributed by atoms with van der Waals surface area (Å²) in [5.41, 5.74) is -1.34. The minimum absolute atomic E-state index is 0.211. The van der Waals surface area contributed by atoms with Gasteiger partial charge < -0.3 is 23.8 Å². The summed E-state index contributed by atoms with van der Waals surface area (Å²) in [7, 11) is -4.11. The van der Waals surface area contributed by atoms with Crippen LogP contribution >= 0.6 is 7.75 Å². The van der Waals surface area contributed by atoms with E-state index < -0.39 is 49.4 Å². The zero-order chi connectivity index (χ0) is 27.0. The molecule has 1 aromatic heterocycles. The highest BCUT2D eigenvalue weighted by atomic mass is 31.2. The summed E-state index contributed by atoms with van der Waals surface area (Å²) in [6, 6.07) is 8.37. The fraction of sp³-hybridized carbons (Fsp3) is 0.522. The summed E-state index contributed by atoms with van der Waals surface area (Å²) in [6.07, 6.45) is -1.71. The van der Waals surface area contributed by atoms with Gasteiger partial charge >= 0.3 is 19.4 Å². The smallest absolute Gasteiger partial charge is 0.459 e. The molecule has 2 aromatic rings. The quantitative estimate of drug-likeness (QED) is 0.190. The molecule has 13 nitrogen and oxygen atoms in total. The van der Waals surface area contributed by atoms with Crippen LogP contribution in [-0.2, 0) is 28.1 Å². The average molecular weight is 541 g/mol. The Morgan fingerprint density at radius 1 is 1.22 bits per heavy atom. The molecule has 0 saturated carbocycles. The number of hydrogen-bond acceptors (Lipinski definition) is 10. The number of esters is 1. The molecule has 3 rings (SSSR count). The van der Waals surface area contributed by atoms with Gasteiger partial charge in [-0.05, 0) is 39.3 Å². The van der Waals surface area contributed by atoms with E-state index in [0.717, 1.165) is 10.6 Å². The predicted octanol–water partition coefficient (Wildman–Crippen LogP) is 1.33. The molecule has 2 heterocycles. The first-order valence-corrected chi connectivity index (χ1v) is 13.3. The standard InChI is InChI=1S/C23H32N3O10P/c1-15(2)35-22(29)16(3)25-37(31,36-17-7-5-4-6-8-17)34-14-13-33-21(20-18(27)10-12-32-20)26-11-9-19(28)24-23(26)30/h4-9,11,15-16,18,20-21,27H,10,12-14H2,1-3H3,(H,25,31)(H,24,28,30). The second-order valence-electron chi connectivity index (χ2n) is 8.54. The molecule has 0 aliphatic carbocycles. The lowest BCUT2D eigenvalue weighted by Crippen LogP contribution is -2.41. The molecule has 1 aromatic carbocycles. The number of nitrogens with one attached hydrogen (secondary N) is 2. The number of rotatable bonds is 13. The number of para-hydroxylation sites is 1. The van der Waals surface area contributed by atoms with Gasteiger partial charge in [-0.15, -0.1) is 0 Å². The highest BCUT2D eigenvalue weighted by Crippen LogP contribution is 2.44. The summed E-state index contributed by atoms with van der Waals surface area (Å²) < 4.78 is 42.2. The second-order valence-corrected chi connectivity index (χ2v) is 10.2. The van der Waals surface area contributed by atoms with E-state index in [2.05, 4.69) is 10.1 Å². The number of aliphatic hydroxyl groups is 1. The monoisotopic (exact) mass is 541 g/mol.